The first-order valence-electron chi connectivity index (χ1n) is 14.3. The smallest absolute Gasteiger partial charge is 0.344 e. The van der Waals surface area contributed by atoms with Crippen LogP contribution < -0.4 is 20.7 Å². The zero-order valence-electron chi connectivity index (χ0n) is 24.2. The second-order valence-corrected chi connectivity index (χ2v) is 10.2. The molecular formula is C34H32N2O8. The number of aromatic nitrogens is 2. The first kappa shape index (κ1) is 30.1. The Morgan fingerprint density at radius 3 is 2.16 bits per heavy atom. The van der Waals surface area contributed by atoms with E-state index in [1.165, 1.54) is 4.57 Å². The van der Waals surface area contributed by atoms with Crippen molar-refractivity contribution >= 4 is 24.1 Å². The second kappa shape index (κ2) is 13.7. The highest BCUT2D eigenvalue weighted by molar-refractivity contribution is 5.77. The summed E-state index contributed by atoms with van der Waals surface area (Å²) in [7, 11) is 0. The van der Waals surface area contributed by atoms with Gasteiger partial charge in [0.05, 0.1) is 19.8 Å². The van der Waals surface area contributed by atoms with Gasteiger partial charge in [-0.1, -0.05) is 60.7 Å². The molecule has 10 heteroatoms. The molecular weight excluding hydrogens is 564 g/mol. The maximum absolute atomic E-state index is 13.4. The highest BCUT2D eigenvalue weighted by Gasteiger charge is 2.26. The van der Waals surface area contributed by atoms with Crippen molar-refractivity contribution in [2.75, 3.05) is 19.8 Å². The number of benzene rings is 3. The van der Waals surface area contributed by atoms with E-state index < -0.39 is 29.1 Å². The largest absolute Gasteiger partial charge is 0.493 e. The van der Waals surface area contributed by atoms with E-state index in [0.717, 1.165) is 22.3 Å². The molecule has 0 radical (unpaired) electrons. The van der Waals surface area contributed by atoms with Gasteiger partial charge in [0.25, 0.3) is 5.56 Å². The van der Waals surface area contributed by atoms with Gasteiger partial charge in [-0.15, -0.1) is 0 Å². The van der Waals surface area contributed by atoms with E-state index in [4.69, 9.17) is 19.3 Å². The lowest BCUT2D eigenvalue weighted by molar-refractivity contribution is -0.145. The van der Waals surface area contributed by atoms with Crippen LogP contribution in [0.2, 0.25) is 0 Å². The van der Waals surface area contributed by atoms with Gasteiger partial charge < -0.3 is 19.3 Å². The molecule has 2 N–H and O–H groups in total. The number of nitrogens with one attached hydrogen (secondary N) is 1. The summed E-state index contributed by atoms with van der Waals surface area (Å²) in [5, 5.41) is 8.93. The minimum absolute atomic E-state index is 0.0512. The summed E-state index contributed by atoms with van der Waals surface area (Å²) in [4.78, 5) is 51.7. The lowest BCUT2D eigenvalue weighted by Gasteiger charge is -2.21. The molecule has 1 aromatic heterocycles. The molecule has 10 nitrogen and oxygen atoms in total. The van der Waals surface area contributed by atoms with E-state index in [1.807, 2.05) is 60.7 Å². The molecule has 0 unspecified atom stereocenters. The number of carboxylic acids is 1. The van der Waals surface area contributed by atoms with Crippen LogP contribution in [0.1, 0.15) is 59.1 Å². The number of esters is 1. The van der Waals surface area contributed by atoms with Crippen LogP contribution in [0.5, 0.6) is 11.5 Å². The number of carboxylic acid groups (broad SMARTS) is 1. The first-order valence-corrected chi connectivity index (χ1v) is 14.3. The number of hydrogen-bond acceptors (Lipinski definition) is 7. The first-order chi connectivity index (χ1) is 21.3. The van der Waals surface area contributed by atoms with Gasteiger partial charge in [-0.3, -0.25) is 19.1 Å². The number of ether oxygens (including phenoxy) is 3. The number of aliphatic carboxylic acids is 1. The normalized spacial score (nSPS) is 12.1. The highest BCUT2D eigenvalue weighted by Crippen LogP contribution is 2.37. The molecule has 4 aromatic rings. The highest BCUT2D eigenvalue weighted by atomic mass is 16.6. The Hall–Kier alpha value is -5.38. The molecule has 0 amide bonds. The minimum Gasteiger partial charge on any atom is -0.493 e. The third-order valence-electron chi connectivity index (χ3n) is 7.16. The molecule has 5 rings (SSSR count). The third-order valence-corrected chi connectivity index (χ3v) is 7.16. The fourth-order valence-electron chi connectivity index (χ4n) is 5.23. The molecule has 0 saturated heterocycles. The van der Waals surface area contributed by atoms with Gasteiger partial charge in [0.2, 0.25) is 0 Å². The summed E-state index contributed by atoms with van der Waals surface area (Å²) >= 11 is 0. The van der Waals surface area contributed by atoms with Crippen molar-refractivity contribution in [3.05, 3.63) is 127 Å². The minimum atomic E-state index is -0.927. The summed E-state index contributed by atoms with van der Waals surface area (Å²) < 4.78 is 17.8. The Balaban J connectivity index is 1.51. The topological polar surface area (TPSA) is 137 Å². The molecule has 1 heterocycles. The van der Waals surface area contributed by atoms with Crippen LogP contribution in [-0.4, -0.2) is 46.4 Å². The molecule has 0 fully saturated rings. The third kappa shape index (κ3) is 7.15. The van der Waals surface area contributed by atoms with Gasteiger partial charge in [0.15, 0.2) is 6.61 Å². The molecule has 0 bridgehead atoms. The standard InChI is InChI=1S/C34H32N2O8/c1-2-42-31(39)21-44-26-17-22(16-25(18-26)43-15-7-12-30(37)38)19-36-20-29(33(40)35-34(36)41)32-27-10-5-3-8-23(27)13-14-24-9-4-6-11-28(24)32/h3-6,8-11,13-14,16-18,20,32H,2,7,12,15,19,21H2,1H3,(H,37,38)(H,35,40,41). The summed E-state index contributed by atoms with van der Waals surface area (Å²) in [5.74, 6) is -1.22. The number of rotatable bonds is 12. The number of carbonyl (C=O) groups excluding carboxylic acids is 1. The van der Waals surface area contributed by atoms with Gasteiger partial charge in [-0.25, -0.2) is 9.59 Å². The molecule has 44 heavy (non-hydrogen) atoms. The fraction of sp³-hybridized carbons (Fsp3) is 0.235. The Labute approximate surface area is 253 Å². The number of H-pyrrole nitrogens is 1. The average molecular weight is 597 g/mol. The average Bonchev–Trinajstić information content (AvgIpc) is 3.17. The fourth-order valence-corrected chi connectivity index (χ4v) is 5.23. The lowest BCUT2D eigenvalue weighted by Crippen LogP contribution is -2.33. The molecule has 0 spiro atoms. The van der Waals surface area contributed by atoms with Gasteiger partial charge in [-0.2, -0.15) is 0 Å². The van der Waals surface area contributed by atoms with E-state index in [0.29, 0.717) is 29.0 Å². The van der Waals surface area contributed by atoms with E-state index in [1.54, 1.807) is 31.3 Å². The van der Waals surface area contributed by atoms with Gasteiger partial charge in [0.1, 0.15) is 11.5 Å². The van der Waals surface area contributed by atoms with Crippen LogP contribution in [0.15, 0.2) is 82.5 Å². The molecule has 226 valence electrons. The predicted octanol–water partition coefficient (Wildman–Crippen LogP) is 4.43. The van der Waals surface area contributed by atoms with Crippen LogP contribution in [0.25, 0.3) is 12.2 Å². The van der Waals surface area contributed by atoms with E-state index in [-0.39, 0.29) is 32.8 Å². The van der Waals surface area contributed by atoms with Crippen molar-refractivity contribution < 1.29 is 28.9 Å². The summed E-state index contributed by atoms with van der Waals surface area (Å²) in [5.41, 5.74) is 3.78. The number of fused-ring (bicyclic) bond motifs is 2. The second-order valence-electron chi connectivity index (χ2n) is 10.2. The number of carbonyl (C=O) groups is 2. The quantitative estimate of drug-likeness (QED) is 0.159. The van der Waals surface area contributed by atoms with Crippen LogP contribution in [0.4, 0.5) is 0 Å². The van der Waals surface area contributed by atoms with E-state index in [9.17, 15) is 19.2 Å². The summed E-state index contributed by atoms with van der Waals surface area (Å²) in [6.45, 7) is 1.78. The van der Waals surface area contributed by atoms with Crippen molar-refractivity contribution in [1.82, 2.24) is 9.55 Å². The Bertz CT molecular complexity index is 1770. The predicted molar refractivity (Wildman–Crippen MR) is 164 cm³/mol. The molecule has 1 aliphatic carbocycles. The molecule has 0 saturated carbocycles. The Kier molecular flexibility index (Phi) is 9.39. The van der Waals surface area contributed by atoms with E-state index in [2.05, 4.69) is 4.98 Å². The molecule has 1 aliphatic rings. The summed E-state index contributed by atoms with van der Waals surface area (Å²) in [6, 6.07) is 20.7. The molecule has 3 aromatic carbocycles. The maximum Gasteiger partial charge on any atom is 0.344 e. The van der Waals surface area contributed by atoms with Crippen molar-refractivity contribution in [2.45, 2.75) is 32.2 Å². The van der Waals surface area contributed by atoms with Crippen molar-refractivity contribution in [3.8, 4) is 11.5 Å². The lowest BCUT2D eigenvalue weighted by atomic mass is 9.83. The zero-order chi connectivity index (χ0) is 31.1. The molecule has 0 atom stereocenters. The van der Waals surface area contributed by atoms with Gasteiger partial charge in [-0.05, 0) is 53.3 Å². The zero-order valence-corrected chi connectivity index (χ0v) is 24.2. The SMILES string of the molecule is CCOC(=O)COc1cc(Cn2cc(C3c4ccccc4C=Cc4ccccc43)c(=O)[nH]c2=O)cc(OCCCC(=O)O)c1. The maximum atomic E-state index is 13.4. The van der Waals surface area contributed by atoms with Crippen molar-refractivity contribution in [3.63, 3.8) is 0 Å². The molecule has 0 aliphatic heterocycles. The number of nitrogens with zero attached hydrogens (tertiary/aromatic N) is 1. The number of aromatic amines is 1. The van der Waals surface area contributed by atoms with Crippen LogP contribution in [0.3, 0.4) is 0 Å². The number of hydrogen-bond donors (Lipinski definition) is 2. The Morgan fingerprint density at radius 1 is 0.886 bits per heavy atom. The van der Waals surface area contributed by atoms with Crippen LogP contribution in [-0.2, 0) is 20.9 Å². The Morgan fingerprint density at radius 2 is 1.52 bits per heavy atom. The van der Waals surface area contributed by atoms with Crippen LogP contribution in [0, 0.1) is 0 Å². The van der Waals surface area contributed by atoms with Crippen molar-refractivity contribution in [1.29, 1.82) is 0 Å². The van der Waals surface area contributed by atoms with E-state index >= 15 is 0 Å². The van der Waals surface area contributed by atoms with Gasteiger partial charge >= 0.3 is 17.6 Å². The van der Waals surface area contributed by atoms with Crippen LogP contribution >= 0.6 is 0 Å². The van der Waals surface area contributed by atoms with Gasteiger partial charge in [0, 0.05) is 30.2 Å². The summed E-state index contributed by atoms with van der Waals surface area (Å²) in [6.07, 6.45) is 5.88. The monoisotopic (exact) mass is 596 g/mol. The van der Waals surface area contributed by atoms with Crippen molar-refractivity contribution in [2.24, 2.45) is 0 Å².